The minimum Gasteiger partial charge on any atom is -0.353 e. The molecule has 3 nitrogen and oxygen atoms in total. The van der Waals surface area contributed by atoms with Gasteiger partial charge in [-0.25, -0.2) is 0 Å². The van der Waals surface area contributed by atoms with Gasteiger partial charge in [0.25, 0.3) is 0 Å². The van der Waals surface area contributed by atoms with Gasteiger partial charge in [-0.3, -0.25) is 4.79 Å². The monoisotopic (exact) mass is 246 g/mol. The molecule has 0 saturated heterocycles. The first-order valence-corrected chi connectivity index (χ1v) is 6.17. The second-order valence-corrected chi connectivity index (χ2v) is 5.50. The van der Waals surface area contributed by atoms with Crippen LogP contribution in [0.2, 0.25) is 0 Å². The van der Waals surface area contributed by atoms with Gasteiger partial charge in [0, 0.05) is 17.5 Å². The maximum absolute atomic E-state index is 12.0. The lowest BCUT2D eigenvalue weighted by molar-refractivity contribution is -0.135. The summed E-state index contributed by atoms with van der Waals surface area (Å²) in [6, 6.07) is 0.743. The first-order valence-electron chi connectivity index (χ1n) is 6.17. The summed E-state index contributed by atoms with van der Waals surface area (Å²) in [5, 5.41) is 3.19. The number of carbonyl (C=O) groups is 1. The number of rotatable bonds is 2. The summed E-state index contributed by atoms with van der Waals surface area (Å²) in [5.74, 6) is 0.272. The molecule has 0 aliphatic heterocycles. The molecule has 0 unspecified atom stereocenters. The fourth-order valence-electron chi connectivity index (χ4n) is 2.56. The van der Waals surface area contributed by atoms with E-state index in [1.165, 1.54) is 6.42 Å². The van der Waals surface area contributed by atoms with Crippen molar-refractivity contribution < 1.29 is 4.79 Å². The van der Waals surface area contributed by atoms with E-state index < -0.39 is 0 Å². The zero-order chi connectivity index (χ0) is 10.9. The van der Waals surface area contributed by atoms with E-state index in [2.05, 4.69) is 12.2 Å². The molecule has 94 valence electrons. The standard InChI is InChI=1S/C12H22N2O.ClH/c1-12(7-2-8-12)11(15)14-10-5-3-9(13)4-6-10;/h9-10H,2-8,13H2,1H3,(H,14,15);1H. The van der Waals surface area contributed by atoms with Crippen molar-refractivity contribution in [3.05, 3.63) is 0 Å². The number of halogens is 1. The predicted octanol–water partition coefficient (Wildman–Crippen LogP) is 1.98. The van der Waals surface area contributed by atoms with Crippen molar-refractivity contribution in [3.63, 3.8) is 0 Å². The molecule has 0 spiro atoms. The van der Waals surface area contributed by atoms with Gasteiger partial charge in [0.05, 0.1) is 0 Å². The molecule has 0 aromatic heterocycles. The summed E-state index contributed by atoms with van der Waals surface area (Å²) >= 11 is 0. The molecule has 4 heteroatoms. The average molecular weight is 247 g/mol. The van der Waals surface area contributed by atoms with Gasteiger partial charge in [-0.2, -0.15) is 0 Å². The van der Waals surface area contributed by atoms with Gasteiger partial charge in [0.1, 0.15) is 0 Å². The van der Waals surface area contributed by atoms with Crippen LogP contribution < -0.4 is 11.1 Å². The zero-order valence-corrected chi connectivity index (χ0v) is 10.8. The van der Waals surface area contributed by atoms with E-state index in [4.69, 9.17) is 5.73 Å². The topological polar surface area (TPSA) is 55.1 Å². The fourth-order valence-corrected chi connectivity index (χ4v) is 2.56. The lowest BCUT2D eigenvalue weighted by Crippen LogP contribution is -2.49. The first kappa shape index (κ1) is 13.8. The van der Waals surface area contributed by atoms with Gasteiger partial charge >= 0.3 is 0 Å². The third kappa shape index (κ3) is 2.89. The fraction of sp³-hybridized carbons (Fsp3) is 0.917. The van der Waals surface area contributed by atoms with Crippen LogP contribution in [-0.4, -0.2) is 18.0 Å². The number of carbonyl (C=O) groups excluding carboxylic acids is 1. The molecule has 16 heavy (non-hydrogen) atoms. The Hall–Kier alpha value is -0.280. The van der Waals surface area contributed by atoms with E-state index in [-0.39, 0.29) is 23.7 Å². The van der Waals surface area contributed by atoms with Gasteiger partial charge in [0.15, 0.2) is 0 Å². The number of hydrogen-bond acceptors (Lipinski definition) is 2. The molecule has 0 radical (unpaired) electrons. The Bertz CT molecular complexity index is 245. The summed E-state index contributed by atoms with van der Waals surface area (Å²) in [6.45, 7) is 2.08. The van der Waals surface area contributed by atoms with Crippen molar-refractivity contribution >= 4 is 18.3 Å². The van der Waals surface area contributed by atoms with Crippen molar-refractivity contribution in [3.8, 4) is 0 Å². The molecule has 2 aliphatic rings. The van der Waals surface area contributed by atoms with Gasteiger partial charge in [0.2, 0.25) is 5.91 Å². The quantitative estimate of drug-likeness (QED) is 0.783. The molecular formula is C12H23ClN2O. The van der Waals surface area contributed by atoms with Crippen LogP contribution in [0.15, 0.2) is 0 Å². The molecule has 3 N–H and O–H groups in total. The van der Waals surface area contributed by atoms with E-state index >= 15 is 0 Å². The van der Waals surface area contributed by atoms with Gasteiger partial charge in [-0.05, 0) is 38.5 Å². The van der Waals surface area contributed by atoms with Crippen LogP contribution in [0.5, 0.6) is 0 Å². The van der Waals surface area contributed by atoms with Gasteiger partial charge < -0.3 is 11.1 Å². The minimum atomic E-state index is -0.0560. The third-order valence-corrected chi connectivity index (χ3v) is 4.11. The summed E-state index contributed by atoms with van der Waals surface area (Å²) in [4.78, 5) is 12.0. The largest absolute Gasteiger partial charge is 0.353 e. The Kier molecular flexibility index (Phi) is 4.62. The molecule has 0 aromatic rings. The van der Waals surface area contributed by atoms with Crippen LogP contribution in [0.3, 0.4) is 0 Å². The van der Waals surface area contributed by atoms with Crippen LogP contribution in [0.25, 0.3) is 0 Å². The highest BCUT2D eigenvalue weighted by molar-refractivity contribution is 5.85. The minimum absolute atomic E-state index is 0. The molecule has 0 bridgehead atoms. The third-order valence-electron chi connectivity index (χ3n) is 4.11. The van der Waals surface area contributed by atoms with Crippen LogP contribution in [0, 0.1) is 5.41 Å². The zero-order valence-electron chi connectivity index (χ0n) is 10.00. The number of hydrogen-bond donors (Lipinski definition) is 2. The van der Waals surface area contributed by atoms with E-state index in [9.17, 15) is 4.79 Å². The second-order valence-electron chi connectivity index (χ2n) is 5.50. The van der Waals surface area contributed by atoms with Crippen LogP contribution in [-0.2, 0) is 4.79 Å². The molecule has 2 aliphatic carbocycles. The second kappa shape index (κ2) is 5.37. The SMILES string of the molecule is CC1(C(=O)NC2CCC(N)CC2)CCC1.Cl. The molecule has 0 aromatic carbocycles. The lowest BCUT2D eigenvalue weighted by Gasteiger charge is -2.38. The van der Waals surface area contributed by atoms with Gasteiger partial charge in [-0.1, -0.05) is 13.3 Å². The molecular weight excluding hydrogens is 224 g/mol. The van der Waals surface area contributed by atoms with E-state index in [1.807, 2.05) is 0 Å². The Morgan fingerprint density at radius 1 is 1.25 bits per heavy atom. The summed E-state index contributed by atoms with van der Waals surface area (Å²) in [7, 11) is 0. The van der Waals surface area contributed by atoms with Crippen molar-refractivity contribution in [2.24, 2.45) is 11.1 Å². The van der Waals surface area contributed by atoms with Crippen LogP contribution in [0.1, 0.15) is 51.9 Å². The maximum Gasteiger partial charge on any atom is 0.226 e. The lowest BCUT2D eigenvalue weighted by atomic mass is 9.69. The number of nitrogens with two attached hydrogens (primary N) is 1. The highest BCUT2D eigenvalue weighted by Crippen LogP contribution is 2.40. The molecule has 2 fully saturated rings. The maximum atomic E-state index is 12.0. The molecule has 0 atom stereocenters. The van der Waals surface area contributed by atoms with Crippen molar-refractivity contribution in [1.82, 2.24) is 5.32 Å². The molecule has 2 rings (SSSR count). The van der Waals surface area contributed by atoms with E-state index in [0.717, 1.165) is 38.5 Å². The van der Waals surface area contributed by atoms with Crippen molar-refractivity contribution in [2.75, 3.05) is 0 Å². The van der Waals surface area contributed by atoms with E-state index in [1.54, 1.807) is 0 Å². The van der Waals surface area contributed by atoms with Crippen molar-refractivity contribution in [1.29, 1.82) is 0 Å². The normalized spacial score (nSPS) is 32.1. The molecule has 1 amide bonds. The number of amides is 1. The Balaban J connectivity index is 0.00000128. The Morgan fingerprint density at radius 3 is 2.25 bits per heavy atom. The number of nitrogens with one attached hydrogen (secondary N) is 1. The van der Waals surface area contributed by atoms with E-state index in [0.29, 0.717) is 12.1 Å². The van der Waals surface area contributed by atoms with Gasteiger partial charge in [-0.15, -0.1) is 12.4 Å². The average Bonchev–Trinajstić information content (AvgIpc) is 2.18. The van der Waals surface area contributed by atoms with Crippen LogP contribution >= 0.6 is 12.4 Å². The predicted molar refractivity (Wildman–Crippen MR) is 67.6 cm³/mol. The Morgan fingerprint density at radius 2 is 1.81 bits per heavy atom. The first-order chi connectivity index (χ1) is 7.10. The Labute approximate surface area is 104 Å². The smallest absolute Gasteiger partial charge is 0.226 e. The van der Waals surface area contributed by atoms with Crippen LogP contribution in [0.4, 0.5) is 0 Å². The molecule has 0 heterocycles. The molecule has 2 saturated carbocycles. The van der Waals surface area contributed by atoms with Crippen molar-refractivity contribution in [2.45, 2.75) is 64.0 Å². The summed E-state index contributed by atoms with van der Waals surface area (Å²) in [5.41, 5.74) is 5.78. The highest BCUT2D eigenvalue weighted by atomic mass is 35.5. The summed E-state index contributed by atoms with van der Waals surface area (Å²) < 4.78 is 0. The highest BCUT2D eigenvalue weighted by Gasteiger charge is 2.40. The summed E-state index contributed by atoms with van der Waals surface area (Å²) in [6.07, 6.45) is 7.56.